The smallest absolute Gasteiger partial charge is 0.139 e. The molecule has 3 N–H and O–H groups in total. The van der Waals surface area contributed by atoms with Crippen LogP contribution in [-0.4, -0.2) is 30.1 Å². The van der Waals surface area contributed by atoms with Crippen LogP contribution in [0.4, 0.5) is 0 Å². The molecule has 2 atom stereocenters. The minimum Gasteiger partial charge on any atom is -0.506 e. The van der Waals surface area contributed by atoms with E-state index < -0.39 is 5.54 Å². The van der Waals surface area contributed by atoms with E-state index in [1.807, 2.05) is 13.0 Å². The molecule has 1 aliphatic carbocycles. The standard InChI is InChI=1S/C15H21ClN2O/c1-15(17)5-3-10-8-18(2)6-4-9-7-11(16)14(19)13(15)12(9)10/h7,10,19H,3-6,8,17H2,1-2H3/t10?,15-/m1/s1. The lowest BCUT2D eigenvalue weighted by molar-refractivity contribution is 0.286. The molecule has 0 saturated heterocycles. The Morgan fingerprint density at radius 1 is 1.53 bits per heavy atom. The number of phenolic OH excluding ortho intramolecular Hbond substituents is 1. The number of likely N-dealkylation sites (N-methyl/N-ethyl adjacent to an activating group) is 1. The first-order valence-corrected chi connectivity index (χ1v) is 7.30. The molecule has 1 heterocycles. The fourth-order valence-electron chi connectivity index (χ4n) is 3.66. The first-order chi connectivity index (χ1) is 8.90. The highest BCUT2D eigenvalue weighted by molar-refractivity contribution is 6.32. The Hall–Kier alpha value is -0.770. The monoisotopic (exact) mass is 280 g/mol. The third-order valence-electron chi connectivity index (χ3n) is 4.67. The Balaban J connectivity index is 2.26. The van der Waals surface area contributed by atoms with Crippen LogP contribution >= 0.6 is 11.6 Å². The molecule has 104 valence electrons. The van der Waals surface area contributed by atoms with Gasteiger partial charge in [-0.3, -0.25) is 0 Å². The van der Waals surface area contributed by atoms with Gasteiger partial charge in [0.25, 0.3) is 0 Å². The lowest BCUT2D eigenvalue weighted by Gasteiger charge is -2.38. The quantitative estimate of drug-likeness (QED) is 0.768. The van der Waals surface area contributed by atoms with Gasteiger partial charge in [0.15, 0.2) is 0 Å². The zero-order valence-electron chi connectivity index (χ0n) is 11.5. The molecule has 0 spiro atoms. The average Bonchev–Trinajstić information content (AvgIpc) is 2.48. The summed E-state index contributed by atoms with van der Waals surface area (Å²) in [6, 6.07) is 1.93. The van der Waals surface area contributed by atoms with Crippen LogP contribution in [-0.2, 0) is 12.0 Å². The van der Waals surface area contributed by atoms with Crippen molar-refractivity contribution in [1.29, 1.82) is 0 Å². The first kappa shape index (κ1) is 13.2. The van der Waals surface area contributed by atoms with Crippen molar-refractivity contribution in [3.63, 3.8) is 0 Å². The van der Waals surface area contributed by atoms with Gasteiger partial charge in [0.1, 0.15) is 5.75 Å². The largest absolute Gasteiger partial charge is 0.506 e. The highest BCUT2D eigenvalue weighted by atomic mass is 35.5. The van der Waals surface area contributed by atoms with Crippen LogP contribution in [0, 0.1) is 0 Å². The average molecular weight is 281 g/mol. The summed E-state index contributed by atoms with van der Waals surface area (Å²) in [5.74, 6) is 0.664. The maximum atomic E-state index is 10.4. The topological polar surface area (TPSA) is 49.5 Å². The van der Waals surface area contributed by atoms with Crippen LogP contribution in [0.1, 0.15) is 42.4 Å². The van der Waals surface area contributed by atoms with Gasteiger partial charge in [0.05, 0.1) is 5.02 Å². The number of nitrogens with zero attached hydrogens (tertiary/aromatic N) is 1. The van der Waals surface area contributed by atoms with Gasteiger partial charge in [-0.25, -0.2) is 0 Å². The van der Waals surface area contributed by atoms with Crippen LogP contribution in [0.15, 0.2) is 6.07 Å². The van der Waals surface area contributed by atoms with Crippen molar-refractivity contribution < 1.29 is 5.11 Å². The molecule has 2 aliphatic rings. The number of rotatable bonds is 0. The van der Waals surface area contributed by atoms with Gasteiger partial charge < -0.3 is 15.7 Å². The molecule has 1 aliphatic heterocycles. The number of aromatic hydroxyl groups is 1. The molecule has 0 radical (unpaired) electrons. The van der Waals surface area contributed by atoms with E-state index in [9.17, 15) is 5.11 Å². The number of halogens is 1. The van der Waals surface area contributed by atoms with Gasteiger partial charge >= 0.3 is 0 Å². The third-order valence-corrected chi connectivity index (χ3v) is 4.95. The molecular weight excluding hydrogens is 260 g/mol. The molecule has 0 aromatic heterocycles. The molecule has 1 aromatic rings. The highest BCUT2D eigenvalue weighted by Crippen LogP contribution is 2.49. The van der Waals surface area contributed by atoms with Crippen molar-refractivity contribution >= 4 is 11.6 Å². The number of benzene rings is 1. The normalized spacial score (nSPS) is 30.8. The lowest BCUT2D eigenvalue weighted by atomic mass is 9.71. The molecule has 4 heteroatoms. The Labute approximate surface area is 119 Å². The number of hydrogen-bond acceptors (Lipinski definition) is 3. The lowest BCUT2D eigenvalue weighted by Crippen LogP contribution is -2.39. The molecule has 0 amide bonds. The SMILES string of the molecule is CN1CCc2cc(Cl)c(O)c3c2C(CC[C@@]3(C)N)C1. The summed E-state index contributed by atoms with van der Waals surface area (Å²) < 4.78 is 0. The molecule has 19 heavy (non-hydrogen) atoms. The second-order valence-corrected chi connectivity index (χ2v) is 6.73. The second-order valence-electron chi connectivity index (χ2n) is 6.32. The minimum absolute atomic E-state index is 0.194. The molecule has 3 nitrogen and oxygen atoms in total. The Morgan fingerprint density at radius 2 is 2.26 bits per heavy atom. The van der Waals surface area contributed by atoms with E-state index in [0.717, 1.165) is 37.9 Å². The van der Waals surface area contributed by atoms with Gasteiger partial charge in [-0.1, -0.05) is 11.6 Å². The van der Waals surface area contributed by atoms with Gasteiger partial charge in [-0.15, -0.1) is 0 Å². The van der Waals surface area contributed by atoms with E-state index in [1.54, 1.807) is 0 Å². The van der Waals surface area contributed by atoms with E-state index >= 15 is 0 Å². The predicted octanol–water partition coefficient (Wildman–Crippen LogP) is 2.58. The maximum absolute atomic E-state index is 10.4. The van der Waals surface area contributed by atoms with E-state index in [-0.39, 0.29) is 5.75 Å². The molecular formula is C15H21ClN2O. The fourth-order valence-corrected chi connectivity index (χ4v) is 3.89. The molecule has 0 fully saturated rings. The first-order valence-electron chi connectivity index (χ1n) is 6.92. The summed E-state index contributed by atoms with van der Waals surface area (Å²) in [5, 5.41) is 10.8. The third kappa shape index (κ3) is 2.04. The number of phenols is 1. The van der Waals surface area contributed by atoms with Crippen molar-refractivity contribution in [2.45, 2.75) is 37.6 Å². The van der Waals surface area contributed by atoms with E-state index in [0.29, 0.717) is 10.9 Å². The Morgan fingerprint density at radius 3 is 3.00 bits per heavy atom. The van der Waals surface area contributed by atoms with Crippen LogP contribution in [0.25, 0.3) is 0 Å². The molecule has 0 saturated carbocycles. The zero-order valence-corrected chi connectivity index (χ0v) is 12.3. The number of hydrogen-bond donors (Lipinski definition) is 2. The predicted molar refractivity (Wildman–Crippen MR) is 77.8 cm³/mol. The van der Waals surface area contributed by atoms with Crippen molar-refractivity contribution in [2.75, 3.05) is 20.1 Å². The maximum Gasteiger partial charge on any atom is 0.139 e. The highest BCUT2D eigenvalue weighted by Gasteiger charge is 2.39. The van der Waals surface area contributed by atoms with Crippen LogP contribution in [0.5, 0.6) is 5.75 Å². The molecule has 1 aromatic carbocycles. The zero-order chi connectivity index (χ0) is 13.8. The summed E-state index contributed by atoms with van der Waals surface area (Å²) in [6.07, 6.45) is 2.95. The van der Waals surface area contributed by atoms with Crippen LogP contribution in [0.2, 0.25) is 5.02 Å². The van der Waals surface area contributed by atoms with Crippen molar-refractivity contribution in [1.82, 2.24) is 4.90 Å². The van der Waals surface area contributed by atoms with E-state index in [4.69, 9.17) is 17.3 Å². The van der Waals surface area contributed by atoms with Gasteiger partial charge in [0, 0.05) is 24.2 Å². The van der Waals surface area contributed by atoms with Gasteiger partial charge in [-0.2, -0.15) is 0 Å². The summed E-state index contributed by atoms with van der Waals surface area (Å²) in [7, 11) is 2.16. The molecule has 3 rings (SSSR count). The molecule has 0 bridgehead atoms. The minimum atomic E-state index is -0.474. The Kier molecular flexibility index (Phi) is 3.04. The van der Waals surface area contributed by atoms with Crippen molar-refractivity contribution in [2.24, 2.45) is 5.73 Å². The molecule has 1 unspecified atom stereocenters. The summed E-state index contributed by atoms with van der Waals surface area (Å²) in [5.41, 5.74) is 9.37. The van der Waals surface area contributed by atoms with Gasteiger partial charge in [0.2, 0.25) is 0 Å². The summed E-state index contributed by atoms with van der Waals surface area (Å²) in [6.45, 7) is 4.08. The van der Waals surface area contributed by atoms with E-state index in [2.05, 4.69) is 11.9 Å². The van der Waals surface area contributed by atoms with E-state index in [1.165, 1.54) is 11.1 Å². The Bertz CT molecular complexity index is 527. The summed E-state index contributed by atoms with van der Waals surface area (Å²) >= 11 is 6.20. The van der Waals surface area contributed by atoms with Gasteiger partial charge in [-0.05, 0) is 56.3 Å². The van der Waals surface area contributed by atoms with Crippen LogP contribution in [0.3, 0.4) is 0 Å². The van der Waals surface area contributed by atoms with Crippen LogP contribution < -0.4 is 5.73 Å². The van der Waals surface area contributed by atoms with Crippen molar-refractivity contribution in [3.05, 3.63) is 27.8 Å². The number of nitrogens with two attached hydrogens (primary N) is 1. The van der Waals surface area contributed by atoms with Crippen molar-refractivity contribution in [3.8, 4) is 5.75 Å². The fraction of sp³-hybridized carbons (Fsp3) is 0.600. The second kappa shape index (κ2) is 4.37. The summed E-state index contributed by atoms with van der Waals surface area (Å²) in [4.78, 5) is 2.36.